The van der Waals surface area contributed by atoms with Gasteiger partial charge < -0.3 is 10.0 Å². The molecule has 1 aliphatic rings. The van der Waals surface area contributed by atoms with Crippen LogP contribution in [0.2, 0.25) is 0 Å². The van der Waals surface area contributed by atoms with Crippen LogP contribution in [0, 0.1) is 12.8 Å². The maximum absolute atomic E-state index is 12.2. The van der Waals surface area contributed by atoms with Gasteiger partial charge in [0.15, 0.2) is 0 Å². The summed E-state index contributed by atoms with van der Waals surface area (Å²) < 4.78 is 0. The first-order valence-electron chi connectivity index (χ1n) is 6.39. The molecule has 1 aromatic heterocycles. The minimum absolute atomic E-state index is 0.0508. The van der Waals surface area contributed by atoms with Crippen LogP contribution in [0.25, 0.3) is 0 Å². The number of nitrogens with zero attached hydrogens (tertiary/aromatic N) is 3. The molecule has 1 atom stereocenters. The van der Waals surface area contributed by atoms with Crippen LogP contribution < -0.4 is 0 Å². The van der Waals surface area contributed by atoms with Gasteiger partial charge in [-0.3, -0.25) is 9.78 Å². The Balaban J connectivity index is 2.02. The second-order valence-electron chi connectivity index (χ2n) is 4.81. The molecule has 1 unspecified atom stereocenters. The molecule has 1 amide bonds. The van der Waals surface area contributed by atoms with Crippen LogP contribution in [0.1, 0.15) is 35.4 Å². The van der Waals surface area contributed by atoms with Crippen molar-refractivity contribution in [2.24, 2.45) is 5.92 Å². The van der Waals surface area contributed by atoms with E-state index in [1.54, 1.807) is 6.20 Å². The van der Waals surface area contributed by atoms with Gasteiger partial charge in [-0.2, -0.15) is 0 Å². The molecule has 5 nitrogen and oxygen atoms in total. The van der Waals surface area contributed by atoms with Crippen LogP contribution in [0.15, 0.2) is 12.4 Å². The van der Waals surface area contributed by atoms with Crippen LogP contribution >= 0.6 is 0 Å². The van der Waals surface area contributed by atoms with E-state index in [0.717, 1.165) is 38.0 Å². The Morgan fingerprint density at radius 3 is 3.00 bits per heavy atom. The van der Waals surface area contributed by atoms with Crippen LogP contribution in [0.5, 0.6) is 0 Å². The molecular weight excluding hydrogens is 230 g/mol. The predicted octanol–water partition coefficient (Wildman–Crippen LogP) is 1.02. The highest BCUT2D eigenvalue weighted by Gasteiger charge is 2.24. The van der Waals surface area contributed by atoms with Crippen molar-refractivity contribution in [1.82, 2.24) is 14.9 Å². The first-order valence-corrected chi connectivity index (χ1v) is 6.39. The molecule has 18 heavy (non-hydrogen) atoms. The lowest BCUT2D eigenvalue weighted by Crippen LogP contribution is -2.40. The summed E-state index contributed by atoms with van der Waals surface area (Å²) in [5.41, 5.74) is 1.22. The third-order valence-corrected chi connectivity index (χ3v) is 3.34. The Hall–Kier alpha value is -1.49. The zero-order chi connectivity index (χ0) is 13.0. The van der Waals surface area contributed by atoms with Crippen molar-refractivity contribution in [3.05, 3.63) is 23.8 Å². The van der Waals surface area contributed by atoms with Crippen LogP contribution in [0.3, 0.4) is 0 Å². The summed E-state index contributed by atoms with van der Waals surface area (Å²) in [6.45, 7) is 3.53. The lowest BCUT2D eigenvalue weighted by atomic mass is 9.95. The van der Waals surface area contributed by atoms with E-state index in [9.17, 15) is 4.79 Å². The van der Waals surface area contributed by atoms with E-state index in [1.165, 1.54) is 6.20 Å². The van der Waals surface area contributed by atoms with Crippen LogP contribution in [0.4, 0.5) is 0 Å². The Kier molecular flexibility index (Phi) is 4.25. The maximum atomic E-state index is 12.2. The summed E-state index contributed by atoms with van der Waals surface area (Å²) in [5.74, 6) is 0.358. The number of hydrogen-bond donors (Lipinski definition) is 1. The molecule has 1 aliphatic heterocycles. The second-order valence-corrected chi connectivity index (χ2v) is 4.81. The summed E-state index contributed by atoms with van der Waals surface area (Å²) in [6, 6.07) is 0. The molecule has 1 saturated heterocycles. The molecule has 98 valence electrons. The summed E-state index contributed by atoms with van der Waals surface area (Å²) in [7, 11) is 0. The number of rotatable bonds is 3. The molecule has 0 radical (unpaired) electrons. The monoisotopic (exact) mass is 249 g/mol. The molecule has 5 heteroatoms. The number of piperidine rings is 1. The first kappa shape index (κ1) is 13.0. The lowest BCUT2D eigenvalue weighted by Gasteiger charge is -2.32. The fourth-order valence-corrected chi connectivity index (χ4v) is 2.33. The zero-order valence-corrected chi connectivity index (χ0v) is 10.7. The highest BCUT2D eigenvalue weighted by molar-refractivity contribution is 5.92. The minimum Gasteiger partial charge on any atom is -0.396 e. The molecule has 0 saturated carbocycles. The van der Waals surface area contributed by atoms with Gasteiger partial charge in [-0.15, -0.1) is 0 Å². The lowest BCUT2D eigenvalue weighted by molar-refractivity contribution is 0.0647. The molecule has 1 N–H and O–H groups in total. The van der Waals surface area contributed by atoms with Gasteiger partial charge in [-0.1, -0.05) is 0 Å². The molecule has 1 aromatic rings. The van der Waals surface area contributed by atoms with Gasteiger partial charge in [-0.25, -0.2) is 4.98 Å². The third-order valence-electron chi connectivity index (χ3n) is 3.34. The average molecular weight is 249 g/mol. The Morgan fingerprint density at radius 2 is 2.33 bits per heavy atom. The highest BCUT2D eigenvalue weighted by Crippen LogP contribution is 2.20. The van der Waals surface area contributed by atoms with E-state index in [2.05, 4.69) is 9.97 Å². The fraction of sp³-hybridized carbons (Fsp3) is 0.615. The summed E-state index contributed by atoms with van der Waals surface area (Å²) in [4.78, 5) is 22.3. The van der Waals surface area contributed by atoms with Crippen molar-refractivity contribution >= 4 is 5.91 Å². The van der Waals surface area contributed by atoms with Crippen molar-refractivity contribution in [2.75, 3.05) is 19.7 Å². The first-order chi connectivity index (χ1) is 8.70. The van der Waals surface area contributed by atoms with Crippen molar-refractivity contribution in [1.29, 1.82) is 0 Å². The quantitative estimate of drug-likeness (QED) is 0.868. The number of carbonyl (C=O) groups is 1. The molecule has 0 aromatic carbocycles. The predicted molar refractivity (Wildman–Crippen MR) is 67.1 cm³/mol. The second kappa shape index (κ2) is 5.91. The van der Waals surface area contributed by atoms with E-state index in [4.69, 9.17) is 5.11 Å². The van der Waals surface area contributed by atoms with Crippen molar-refractivity contribution < 1.29 is 9.90 Å². The molecular formula is C13H19N3O2. The largest absolute Gasteiger partial charge is 0.396 e. The number of hydrogen-bond acceptors (Lipinski definition) is 4. The molecule has 0 aliphatic carbocycles. The van der Waals surface area contributed by atoms with Crippen molar-refractivity contribution in [3.63, 3.8) is 0 Å². The van der Waals surface area contributed by atoms with E-state index in [-0.39, 0.29) is 12.5 Å². The number of aliphatic hydroxyl groups is 1. The minimum atomic E-state index is -0.0508. The van der Waals surface area contributed by atoms with Crippen molar-refractivity contribution in [3.8, 4) is 0 Å². The Labute approximate surface area is 107 Å². The number of likely N-dealkylation sites (tertiary alicyclic amines) is 1. The van der Waals surface area contributed by atoms with Gasteiger partial charge in [0.05, 0.1) is 11.9 Å². The Bertz CT molecular complexity index is 403. The van der Waals surface area contributed by atoms with E-state index < -0.39 is 0 Å². The molecule has 0 bridgehead atoms. The third kappa shape index (κ3) is 3.04. The van der Waals surface area contributed by atoms with Crippen LogP contribution in [-0.2, 0) is 0 Å². The topological polar surface area (TPSA) is 66.3 Å². The molecule has 2 rings (SSSR count). The summed E-state index contributed by atoms with van der Waals surface area (Å²) in [5, 5.41) is 8.97. The van der Waals surface area contributed by atoms with Crippen molar-refractivity contribution in [2.45, 2.75) is 26.2 Å². The number of aryl methyl sites for hydroxylation is 1. The summed E-state index contributed by atoms with van der Waals surface area (Å²) in [6.07, 6.45) is 6.00. The molecule has 1 fully saturated rings. The number of carbonyl (C=O) groups excluding carboxylic acids is 1. The highest BCUT2D eigenvalue weighted by atomic mass is 16.3. The van der Waals surface area contributed by atoms with Crippen LogP contribution in [-0.4, -0.2) is 45.6 Å². The van der Waals surface area contributed by atoms with Gasteiger partial charge in [0, 0.05) is 25.9 Å². The van der Waals surface area contributed by atoms with Gasteiger partial charge >= 0.3 is 0 Å². The normalized spacial score (nSPS) is 19.9. The zero-order valence-electron chi connectivity index (χ0n) is 10.7. The average Bonchev–Trinajstić information content (AvgIpc) is 2.39. The number of aromatic nitrogens is 2. The maximum Gasteiger partial charge on any atom is 0.274 e. The van der Waals surface area contributed by atoms with Gasteiger partial charge in [-0.05, 0) is 32.1 Å². The van der Waals surface area contributed by atoms with Gasteiger partial charge in [0.2, 0.25) is 0 Å². The van der Waals surface area contributed by atoms with E-state index in [1.807, 2.05) is 11.8 Å². The molecule has 2 heterocycles. The number of aliphatic hydroxyl groups excluding tert-OH is 1. The van der Waals surface area contributed by atoms with Gasteiger partial charge in [0.25, 0.3) is 5.91 Å². The number of amides is 1. The smallest absolute Gasteiger partial charge is 0.274 e. The van der Waals surface area contributed by atoms with E-state index in [0.29, 0.717) is 11.6 Å². The molecule has 0 spiro atoms. The fourth-order valence-electron chi connectivity index (χ4n) is 2.33. The standard InChI is InChI=1S/C13H19N3O2/c1-10-7-15-12(8-14-10)13(18)16-5-2-3-11(9-16)4-6-17/h7-8,11,17H,2-6,9H2,1H3. The Morgan fingerprint density at radius 1 is 1.50 bits per heavy atom. The SMILES string of the molecule is Cc1cnc(C(=O)N2CCCC(CCO)C2)cn1. The van der Waals surface area contributed by atoms with E-state index >= 15 is 0 Å². The summed E-state index contributed by atoms with van der Waals surface area (Å²) >= 11 is 0. The van der Waals surface area contributed by atoms with Gasteiger partial charge in [0.1, 0.15) is 5.69 Å².